The number of hydrogen-bond donors (Lipinski definition) is 2. The molecule has 2 N–H and O–H groups in total. The molecule has 1 aromatic rings. The zero-order valence-electron chi connectivity index (χ0n) is 12.1. The van der Waals surface area contributed by atoms with E-state index < -0.39 is 17.9 Å². The lowest BCUT2D eigenvalue weighted by Crippen LogP contribution is -2.40. The molecule has 0 aliphatic heterocycles. The Hall–Kier alpha value is -2.50. The van der Waals surface area contributed by atoms with E-state index in [9.17, 15) is 9.59 Å². The first-order valence-electron chi connectivity index (χ1n) is 6.40. The number of methoxy groups -OCH3 is 2. The van der Waals surface area contributed by atoms with Crippen molar-refractivity contribution in [2.24, 2.45) is 0 Å². The van der Waals surface area contributed by atoms with Crippen LogP contribution in [0.25, 0.3) is 0 Å². The maximum absolute atomic E-state index is 12.2. The normalized spacial score (nSPS) is 11.3. The SMILES string of the molecule is C=CCCC(NC(=O)c1cc(OC)ccc1OC)C(=O)O. The second kappa shape index (κ2) is 7.94. The lowest BCUT2D eigenvalue weighted by molar-refractivity contribution is -0.139. The Kier molecular flexibility index (Phi) is 6.26. The first kappa shape index (κ1) is 16.6. The van der Waals surface area contributed by atoms with Gasteiger partial charge < -0.3 is 19.9 Å². The zero-order valence-corrected chi connectivity index (χ0v) is 12.1. The fourth-order valence-electron chi connectivity index (χ4n) is 1.77. The highest BCUT2D eigenvalue weighted by Crippen LogP contribution is 2.24. The number of allylic oxidation sites excluding steroid dienone is 1. The van der Waals surface area contributed by atoms with Gasteiger partial charge >= 0.3 is 5.97 Å². The van der Waals surface area contributed by atoms with E-state index in [1.807, 2.05) is 0 Å². The minimum absolute atomic E-state index is 0.224. The molecule has 0 aliphatic rings. The van der Waals surface area contributed by atoms with E-state index in [1.54, 1.807) is 18.2 Å². The largest absolute Gasteiger partial charge is 0.497 e. The van der Waals surface area contributed by atoms with Crippen LogP contribution in [-0.2, 0) is 4.79 Å². The van der Waals surface area contributed by atoms with Gasteiger partial charge in [-0.25, -0.2) is 4.79 Å². The number of ether oxygens (including phenoxy) is 2. The Morgan fingerprint density at radius 3 is 2.62 bits per heavy atom. The van der Waals surface area contributed by atoms with Crippen LogP contribution in [0.1, 0.15) is 23.2 Å². The van der Waals surface area contributed by atoms with E-state index in [4.69, 9.17) is 14.6 Å². The van der Waals surface area contributed by atoms with E-state index >= 15 is 0 Å². The minimum Gasteiger partial charge on any atom is -0.497 e. The monoisotopic (exact) mass is 293 g/mol. The number of nitrogens with one attached hydrogen (secondary N) is 1. The lowest BCUT2D eigenvalue weighted by atomic mass is 10.1. The van der Waals surface area contributed by atoms with E-state index in [0.29, 0.717) is 17.9 Å². The van der Waals surface area contributed by atoms with Gasteiger partial charge in [0.05, 0.1) is 19.8 Å². The van der Waals surface area contributed by atoms with Crippen LogP contribution in [-0.4, -0.2) is 37.2 Å². The molecule has 0 bridgehead atoms. The molecule has 1 unspecified atom stereocenters. The molecule has 0 aliphatic carbocycles. The fraction of sp³-hybridized carbons (Fsp3) is 0.333. The Bertz CT molecular complexity index is 527. The molecular weight excluding hydrogens is 274 g/mol. The van der Waals surface area contributed by atoms with Crippen LogP contribution in [0.3, 0.4) is 0 Å². The van der Waals surface area contributed by atoms with Crippen molar-refractivity contribution < 1.29 is 24.2 Å². The quantitative estimate of drug-likeness (QED) is 0.715. The molecule has 1 atom stereocenters. The van der Waals surface area contributed by atoms with Gasteiger partial charge in [-0.1, -0.05) is 6.08 Å². The van der Waals surface area contributed by atoms with Crippen LogP contribution in [0.4, 0.5) is 0 Å². The molecule has 0 saturated heterocycles. The number of benzene rings is 1. The highest BCUT2D eigenvalue weighted by molar-refractivity contribution is 5.99. The predicted octanol–water partition coefficient (Wildman–Crippen LogP) is 1.85. The van der Waals surface area contributed by atoms with Gasteiger partial charge in [-0.15, -0.1) is 6.58 Å². The Balaban J connectivity index is 2.95. The fourth-order valence-corrected chi connectivity index (χ4v) is 1.77. The molecule has 0 heterocycles. The number of hydrogen-bond acceptors (Lipinski definition) is 4. The Morgan fingerprint density at radius 1 is 1.38 bits per heavy atom. The van der Waals surface area contributed by atoms with E-state index in [2.05, 4.69) is 11.9 Å². The van der Waals surface area contributed by atoms with Gasteiger partial charge in [0.1, 0.15) is 17.5 Å². The predicted molar refractivity (Wildman–Crippen MR) is 77.9 cm³/mol. The molecule has 0 fully saturated rings. The van der Waals surface area contributed by atoms with Crippen molar-refractivity contribution in [3.8, 4) is 11.5 Å². The summed E-state index contributed by atoms with van der Waals surface area (Å²) in [6.07, 6.45) is 2.37. The number of carbonyl (C=O) groups is 2. The van der Waals surface area contributed by atoms with E-state index in [1.165, 1.54) is 20.3 Å². The van der Waals surface area contributed by atoms with Gasteiger partial charge in [0.15, 0.2) is 0 Å². The van der Waals surface area contributed by atoms with Crippen LogP contribution < -0.4 is 14.8 Å². The summed E-state index contributed by atoms with van der Waals surface area (Å²) in [5.74, 6) is -0.783. The van der Waals surface area contributed by atoms with Crippen molar-refractivity contribution in [3.05, 3.63) is 36.4 Å². The molecule has 6 nitrogen and oxygen atoms in total. The number of carboxylic acid groups (broad SMARTS) is 1. The van der Waals surface area contributed by atoms with Crippen molar-refractivity contribution in [1.29, 1.82) is 0 Å². The third kappa shape index (κ3) is 4.52. The molecule has 0 aromatic heterocycles. The number of aliphatic carboxylic acids is 1. The van der Waals surface area contributed by atoms with Crippen molar-refractivity contribution in [1.82, 2.24) is 5.32 Å². The summed E-state index contributed by atoms with van der Waals surface area (Å²) in [5, 5.41) is 11.6. The summed E-state index contributed by atoms with van der Waals surface area (Å²) >= 11 is 0. The average Bonchev–Trinajstić information content (AvgIpc) is 2.50. The molecule has 0 saturated carbocycles. The maximum atomic E-state index is 12.2. The molecule has 0 radical (unpaired) electrons. The topological polar surface area (TPSA) is 84.9 Å². The van der Waals surface area contributed by atoms with Gasteiger partial charge in [-0.2, -0.15) is 0 Å². The maximum Gasteiger partial charge on any atom is 0.326 e. The zero-order chi connectivity index (χ0) is 15.8. The number of carbonyl (C=O) groups excluding carboxylic acids is 1. The van der Waals surface area contributed by atoms with Crippen LogP contribution in [0.2, 0.25) is 0 Å². The van der Waals surface area contributed by atoms with Crippen molar-refractivity contribution in [2.45, 2.75) is 18.9 Å². The molecular formula is C15H19NO5. The summed E-state index contributed by atoms with van der Waals surface area (Å²) < 4.78 is 10.2. The molecule has 21 heavy (non-hydrogen) atoms. The summed E-state index contributed by atoms with van der Waals surface area (Å²) in [5.41, 5.74) is 0.224. The molecule has 1 amide bonds. The number of carboxylic acids is 1. The Morgan fingerprint density at radius 2 is 2.10 bits per heavy atom. The second-order valence-corrected chi connectivity index (χ2v) is 4.30. The summed E-state index contributed by atoms with van der Waals surface area (Å²) in [6, 6.07) is 3.77. The minimum atomic E-state index is -1.09. The van der Waals surface area contributed by atoms with Gasteiger partial charge in [0.2, 0.25) is 0 Å². The molecule has 114 valence electrons. The summed E-state index contributed by atoms with van der Waals surface area (Å²) in [4.78, 5) is 23.4. The first-order chi connectivity index (χ1) is 10.0. The average molecular weight is 293 g/mol. The van der Waals surface area contributed by atoms with Gasteiger partial charge in [0.25, 0.3) is 5.91 Å². The Labute approximate surface area is 123 Å². The third-order valence-corrected chi connectivity index (χ3v) is 2.91. The van der Waals surface area contributed by atoms with Crippen LogP contribution in [0.5, 0.6) is 11.5 Å². The van der Waals surface area contributed by atoms with E-state index in [-0.39, 0.29) is 12.0 Å². The summed E-state index contributed by atoms with van der Waals surface area (Å²) in [7, 11) is 2.92. The van der Waals surface area contributed by atoms with Gasteiger partial charge in [0, 0.05) is 0 Å². The number of amides is 1. The number of rotatable bonds is 8. The summed E-state index contributed by atoms with van der Waals surface area (Å²) in [6.45, 7) is 3.54. The second-order valence-electron chi connectivity index (χ2n) is 4.30. The molecule has 6 heteroatoms. The van der Waals surface area contributed by atoms with Gasteiger partial charge in [-0.3, -0.25) is 4.79 Å². The molecule has 1 rings (SSSR count). The van der Waals surface area contributed by atoms with Crippen molar-refractivity contribution in [3.63, 3.8) is 0 Å². The van der Waals surface area contributed by atoms with Crippen LogP contribution >= 0.6 is 0 Å². The van der Waals surface area contributed by atoms with Crippen LogP contribution in [0.15, 0.2) is 30.9 Å². The van der Waals surface area contributed by atoms with Crippen LogP contribution in [0, 0.1) is 0 Å². The van der Waals surface area contributed by atoms with Crippen molar-refractivity contribution >= 4 is 11.9 Å². The third-order valence-electron chi connectivity index (χ3n) is 2.91. The first-order valence-corrected chi connectivity index (χ1v) is 6.40. The van der Waals surface area contributed by atoms with Crippen molar-refractivity contribution in [2.75, 3.05) is 14.2 Å². The highest BCUT2D eigenvalue weighted by atomic mass is 16.5. The highest BCUT2D eigenvalue weighted by Gasteiger charge is 2.22. The standard InChI is InChI=1S/C15H19NO5/c1-4-5-6-12(15(18)19)16-14(17)11-9-10(20-2)7-8-13(11)21-3/h4,7-9,12H,1,5-6H2,2-3H3,(H,16,17)(H,18,19). The lowest BCUT2D eigenvalue weighted by Gasteiger charge is -2.15. The van der Waals surface area contributed by atoms with Gasteiger partial charge in [-0.05, 0) is 31.0 Å². The van der Waals surface area contributed by atoms with E-state index in [0.717, 1.165) is 0 Å². The molecule has 1 aromatic carbocycles. The molecule has 0 spiro atoms. The smallest absolute Gasteiger partial charge is 0.326 e.